The summed E-state index contributed by atoms with van der Waals surface area (Å²) in [6.45, 7) is 2.17. The first-order valence-electron chi connectivity index (χ1n) is 5.78. The fourth-order valence-corrected chi connectivity index (χ4v) is 1.49. The predicted molar refractivity (Wildman–Crippen MR) is 68.0 cm³/mol. The first-order valence-corrected chi connectivity index (χ1v) is 5.78. The van der Waals surface area contributed by atoms with Crippen LogP contribution >= 0.6 is 0 Å². The van der Waals surface area contributed by atoms with Crippen molar-refractivity contribution in [3.05, 3.63) is 33.9 Å². The van der Waals surface area contributed by atoms with Crippen molar-refractivity contribution in [1.29, 1.82) is 0 Å². The standard InChI is InChI=1S/C12H16N2O5/c1-3-18-12(15)8-19-11-5-4-10(14(16)17)6-9(11)7-13-2/h4-6,13H,3,7-8H2,1-2H3. The lowest BCUT2D eigenvalue weighted by atomic mass is 10.2. The van der Waals surface area contributed by atoms with E-state index in [9.17, 15) is 14.9 Å². The third-order valence-electron chi connectivity index (χ3n) is 2.27. The van der Waals surface area contributed by atoms with Crippen LogP contribution in [0.4, 0.5) is 5.69 Å². The molecule has 104 valence electrons. The molecular weight excluding hydrogens is 252 g/mol. The Balaban J connectivity index is 2.81. The van der Waals surface area contributed by atoms with Gasteiger partial charge in [-0.05, 0) is 20.0 Å². The number of hydrogen-bond acceptors (Lipinski definition) is 6. The number of hydrogen-bond donors (Lipinski definition) is 1. The van der Waals surface area contributed by atoms with Gasteiger partial charge in [0, 0.05) is 24.2 Å². The van der Waals surface area contributed by atoms with Gasteiger partial charge in [-0.3, -0.25) is 10.1 Å². The van der Waals surface area contributed by atoms with Crippen LogP contribution in [0.1, 0.15) is 12.5 Å². The van der Waals surface area contributed by atoms with E-state index in [0.29, 0.717) is 17.9 Å². The molecule has 0 saturated heterocycles. The Morgan fingerprint density at radius 2 is 2.21 bits per heavy atom. The van der Waals surface area contributed by atoms with Crippen LogP contribution in [0.3, 0.4) is 0 Å². The molecule has 1 rings (SSSR count). The number of nitro groups is 1. The van der Waals surface area contributed by atoms with E-state index in [1.807, 2.05) is 0 Å². The number of ether oxygens (including phenoxy) is 2. The van der Waals surface area contributed by atoms with Crippen molar-refractivity contribution in [3.63, 3.8) is 0 Å². The maximum Gasteiger partial charge on any atom is 0.344 e. The third kappa shape index (κ3) is 4.55. The molecule has 7 heteroatoms. The minimum atomic E-state index is -0.478. The molecular formula is C12H16N2O5. The predicted octanol–water partition coefficient (Wildman–Crippen LogP) is 1.26. The summed E-state index contributed by atoms with van der Waals surface area (Å²) in [7, 11) is 1.72. The summed E-state index contributed by atoms with van der Waals surface area (Å²) in [6, 6.07) is 4.22. The molecule has 7 nitrogen and oxygen atoms in total. The van der Waals surface area contributed by atoms with Crippen molar-refractivity contribution in [2.75, 3.05) is 20.3 Å². The largest absolute Gasteiger partial charge is 0.482 e. The van der Waals surface area contributed by atoms with E-state index in [-0.39, 0.29) is 18.9 Å². The molecule has 0 aliphatic heterocycles. The molecule has 0 heterocycles. The zero-order valence-electron chi connectivity index (χ0n) is 10.8. The van der Waals surface area contributed by atoms with Crippen molar-refractivity contribution < 1.29 is 19.2 Å². The minimum absolute atomic E-state index is 0.0197. The molecule has 0 saturated carbocycles. The van der Waals surface area contributed by atoms with Crippen LogP contribution in [0, 0.1) is 10.1 Å². The van der Waals surface area contributed by atoms with Gasteiger partial charge in [-0.1, -0.05) is 0 Å². The van der Waals surface area contributed by atoms with Gasteiger partial charge in [0.2, 0.25) is 0 Å². The Hall–Kier alpha value is -2.15. The van der Waals surface area contributed by atoms with E-state index in [0.717, 1.165) is 0 Å². The number of nitro benzene ring substituents is 1. The summed E-state index contributed by atoms with van der Waals surface area (Å²) in [6.07, 6.45) is 0. The summed E-state index contributed by atoms with van der Waals surface area (Å²) in [5.74, 6) is -0.0516. The van der Waals surface area contributed by atoms with Crippen molar-refractivity contribution in [1.82, 2.24) is 5.32 Å². The van der Waals surface area contributed by atoms with Crippen LogP contribution in [-0.2, 0) is 16.1 Å². The van der Waals surface area contributed by atoms with Crippen LogP contribution < -0.4 is 10.1 Å². The highest BCUT2D eigenvalue weighted by atomic mass is 16.6. The van der Waals surface area contributed by atoms with Crippen molar-refractivity contribution in [3.8, 4) is 5.75 Å². The second kappa shape index (κ2) is 7.32. The molecule has 1 N–H and O–H groups in total. The lowest BCUT2D eigenvalue weighted by Crippen LogP contribution is -2.16. The maximum atomic E-state index is 11.2. The molecule has 0 aliphatic rings. The van der Waals surface area contributed by atoms with Crippen LogP contribution in [-0.4, -0.2) is 31.2 Å². The molecule has 0 fully saturated rings. The van der Waals surface area contributed by atoms with E-state index in [2.05, 4.69) is 5.32 Å². The topological polar surface area (TPSA) is 90.7 Å². The molecule has 0 aromatic heterocycles. The first-order chi connectivity index (χ1) is 9.08. The smallest absolute Gasteiger partial charge is 0.344 e. The van der Waals surface area contributed by atoms with Gasteiger partial charge in [0.1, 0.15) is 5.75 Å². The number of esters is 1. The molecule has 0 unspecified atom stereocenters. The van der Waals surface area contributed by atoms with E-state index in [1.165, 1.54) is 18.2 Å². The molecule has 0 bridgehead atoms. The summed E-state index contributed by atoms with van der Waals surface area (Å²) in [4.78, 5) is 21.4. The van der Waals surface area contributed by atoms with Crippen LogP contribution in [0.15, 0.2) is 18.2 Å². The lowest BCUT2D eigenvalue weighted by molar-refractivity contribution is -0.384. The van der Waals surface area contributed by atoms with Crippen molar-refractivity contribution in [2.45, 2.75) is 13.5 Å². The molecule has 19 heavy (non-hydrogen) atoms. The number of nitrogens with zero attached hydrogens (tertiary/aromatic N) is 1. The molecule has 0 spiro atoms. The van der Waals surface area contributed by atoms with Gasteiger partial charge >= 0.3 is 5.97 Å². The second-order valence-corrected chi connectivity index (χ2v) is 3.67. The second-order valence-electron chi connectivity index (χ2n) is 3.67. The minimum Gasteiger partial charge on any atom is -0.482 e. The average Bonchev–Trinajstić information content (AvgIpc) is 2.37. The zero-order chi connectivity index (χ0) is 14.3. The normalized spacial score (nSPS) is 10.0. The summed E-state index contributed by atoms with van der Waals surface area (Å²) < 4.78 is 10.0. The van der Waals surface area contributed by atoms with Crippen LogP contribution in [0.2, 0.25) is 0 Å². The highest BCUT2D eigenvalue weighted by molar-refractivity contribution is 5.71. The Morgan fingerprint density at radius 1 is 1.47 bits per heavy atom. The average molecular weight is 268 g/mol. The zero-order valence-corrected chi connectivity index (χ0v) is 10.8. The summed E-state index contributed by atoms with van der Waals surface area (Å²) in [5, 5.41) is 13.6. The van der Waals surface area contributed by atoms with E-state index >= 15 is 0 Å². The number of rotatable bonds is 7. The molecule has 1 aromatic rings. The van der Waals surface area contributed by atoms with Crippen LogP contribution in [0.25, 0.3) is 0 Å². The molecule has 0 amide bonds. The van der Waals surface area contributed by atoms with Gasteiger partial charge < -0.3 is 14.8 Å². The summed E-state index contributed by atoms with van der Waals surface area (Å²) >= 11 is 0. The van der Waals surface area contributed by atoms with Crippen LogP contribution in [0.5, 0.6) is 5.75 Å². The molecule has 0 radical (unpaired) electrons. The van der Waals surface area contributed by atoms with Crippen molar-refractivity contribution in [2.24, 2.45) is 0 Å². The van der Waals surface area contributed by atoms with Gasteiger partial charge in [-0.15, -0.1) is 0 Å². The number of benzene rings is 1. The number of nitrogens with one attached hydrogen (secondary N) is 1. The van der Waals surface area contributed by atoms with Gasteiger partial charge in [0.05, 0.1) is 11.5 Å². The Labute approximate surface area is 110 Å². The Bertz CT molecular complexity index is 461. The van der Waals surface area contributed by atoms with E-state index < -0.39 is 10.9 Å². The van der Waals surface area contributed by atoms with E-state index in [1.54, 1.807) is 14.0 Å². The van der Waals surface area contributed by atoms with Gasteiger partial charge in [-0.25, -0.2) is 4.79 Å². The molecule has 0 atom stereocenters. The maximum absolute atomic E-state index is 11.2. The lowest BCUT2D eigenvalue weighted by Gasteiger charge is -2.10. The van der Waals surface area contributed by atoms with Crippen molar-refractivity contribution >= 4 is 11.7 Å². The van der Waals surface area contributed by atoms with Gasteiger partial charge in [-0.2, -0.15) is 0 Å². The molecule has 0 aliphatic carbocycles. The monoisotopic (exact) mass is 268 g/mol. The van der Waals surface area contributed by atoms with Gasteiger partial charge in [0.25, 0.3) is 5.69 Å². The quantitative estimate of drug-likeness (QED) is 0.454. The Morgan fingerprint density at radius 3 is 2.79 bits per heavy atom. The highest BCUT2D eigenvalue weighted by Gasteiger charge is 2.12. The fourth-order valence-electron chi connectivity index (χ4n) is 1.49. The number of carbonyl (C=O) groups is 1. The van der Waals surface area contributed by atoms with Gasteiger partial charge in [0.15, 0.2) is 6.61 Å². The Kier molecular flexibility index (Phi) is 5.74. The first kappa shape index (κ1) is 14.9. The SMILES string of the molecule is CCOC(=O)COc1ccc([N+](=O)[O-])cc1CNC. The molecule has 1 aromatic carbocycles. The van der Waals surface area contributed by atoms with E-state index in [4.69, 9.17) is 9.47 Å². The fraction of sp³-hybridized carbons (Fsp3) is 0.417. The summed E-state index contributed by atoms with van der Waals surface area (Å²) in [5.41, 5.74) is 0.592. The number of non-ortho nitro benzene ring substituents is 1. The third-order valence-corrected chi connectivity index (χ3v) is 2.27. The highest BCUT2D eigenvalue weighted by Crippen LogP contribution is 2.24. The number of carbonyl (C=O) groups excluding carboxylic acids is 1.